The van der Waals surface area contributed by atoms with E-state index in [1.54, 1.807) is 7.11 Å². The molecule has 24 heavy (non-hydrogen) atoms. The summed E-state index contributed by atoms with van der Waals surface area (Å²) in [7, 11) is 1.60. The fourth-order valence-electron chi connectivity index (χ4n) is 2.31. The van der Waals surface area contributed by atoms with Crippen molar-refractivity contribution in [1.82, 2.24) is 4.90 Å². The maximum Gasteiger partial charge on any atom is 0.244 e. The normalized spacial score (nSPS) is 10.1. The van der Waals surface area contributed by atoms with Gasteiger partial charge in [0.05, 0.1) is 7.11 Å². The molecule has 5 heteroatoms. The van der Waals surface area contributed by atoms with Crippen molar-refractivity contribution in [3.8, 4) is 5.75 Å². The summed E-state index contributed by atoms with van der Waals surface area (Å²) in [6.45, 7) is 3.77. The number of para-hydroxylation sites is 1. The first-order valence-corrected chi connectivity index (χ1v) is 7.73. The van der Waals surface area contributed by atoms with E-state index in [1.165, 1.54) is 11.8 Å². The Kier molecular flexibility index (Phi) is 5.95. The number of amides is 2. The molecule has 0 fully saturated rings. The first-order chi connectivity index (χ1) is 11.5. The highest BCUT2D eigenvalue weighted by atomic mass is 16.5. The number of hydrogen-bond donors (Lipinski definition) is 1. The van der Waals surface area contributed by atoms with E-state index in [0.29, 0.717) is 6.54 Å². The van der Waals surface area contributed by atoms with Gasteiger partial charge in [0, 0.05) is 19.2 Å². The van der Waals surface area contributed by atoms with Crippen molar-refractivity contribution in [2.45, 2.75) is 20.4 Å². The highest BCUT2D eigenvalue weighted by molar-refractivity contribution is 5.94. The molecule has 5 nitrogen and oxygen atoms in total. The Labute approximate surface area is 142 Å². The predicted molar refractivity (Wildman–Crippen MR) is 93.9 cm³/mol. The molecule has 2 aromatic rings. The number of nitrogens with zero attached hydrogens (tertiary/aromatic N) is 1. The molecular weight excluding hydrogens is 304 g/mol. The molecule has 0 aliphatic rings. The van der Waals surface area contributed by atoms with Crippen LogP contribution in [-0.4, -0.2) is 30.4 Å². The summed E-state index contributed by atoms with van der Waals surface area (Å²) in [5, 5.41) is 2.85. The van der Waals surface area contributed by atoms with E-state index in [1.807, 2.05) is 55.5 Å². The monoisotopic (exact) mass is 326 g/mol. The smallest absolute Gasteiger partial charge is 0.244 e. The van der Waals surface area contributed by atoms with Crippen LogP contribution in [0.4, 0.5) is 5.69 Å². The number of nitrogens with one attached hydrogen (secondary N) is 1. The van der Waals surface area contributed by atoms with Crippen molar-refractivity contribution >= 4 is 17.5 Å². The van der Waals surface area contributed by atoms with Crippen molar-refractivity contribution in [2.24, 2.45) is 0 Å². The van der Waals surface area contributed by atoms with E-state index in [0.717, 1.165) is 22.6 Å². The van der Waals surface area contributed by atoms with Crippen LogP contribution in [0.15, 0.2) is 48.5 Å². The third-order valence-corrected chi connectivity index (χ3v) is 3.73. The van der Waals surface area contributed by atoms with Gasteiger partial charge in [0.25, 0.3) is 0 Å². The van der Waals surface area contributed by atoms with Crippen molar-refractivity contribution in [2.75, 3.05) is 19.0 Å². The number of benzene rings is 2. The predicted octanol–water partition coefficient (Wildman–Crippen LogP) is 2.99. The Bertz CT molecular complexity index is 711. The molecule has 0 aliphatic heterocycles. The maximum atomic E-state index is 12.2. The average molecular weight is 326 g/mol. The first-order valence-electron chi connectivity index (χ1n) is 7.73. The van der Waals surface area contributed by atoms with Crippen LogP contribution >= 0.6 is 0 Å². The van der Waals surface area contributed by atoms with Gasteiger partial charge in [0.1, 0.15) is 12.3 Å². The van der Waals surface area contributed by atoms with Gasteiger partial charge in [0.15, 0.2) is 0 Å². The van der Waals surface area contributed by atoms with Crippen LogP contribution < -0.4 is 10.1 Å². The van der Waals surface area contributed by atoms with E-state index in [4.69, 9.17) is 4.74 Å². The van der Waals surface area contributed by atoms with Gasteiger partial charge in [0.2, 0.25) is 11.8 Å². The summed E-state index contributed by atoms with van der Waals surface area (Å²) in [6, 6.07) is 15.0. The Hall–Kier alpha value is -2.82. The zero-order chi connectivity index (χ0) is 17.5. The Morgan fingerprint density at radius 3 is 2.33 bits per heavy atom. The summed E-state index contributed by atoms with van der Waals surface area (Å²) in [6.07, 6.45) is 0. The van der Waals surface area contributed by atoms with E-state index < -0.39 is 0 Å². The zero-order valence-electron chi connectivity index (χ0n) is 14.2. The number of hydrogen-bond acceptors (Lipinski definition) is 3. The minimum absolute atomic E-state index is 0.00962. The van der Waals surface area contributed by atoms with Crippen molar-refractivity contribution in [3.63, 3.8) is 0 Å². The van der Waals surface area contributed by atoms with Gasteiger partial charge in [-0.1, -0.05) is 30.3 Å². The van der Waals surface area contributed by atoms with Crippen LogP contribution in [-0.2, 0) is 16.1 Å². The molecule has 126 valence electrons. The second-order valence-electron chi connectivity index (χ2n) is 5.59. The van der Waals surface area contributed by atoms with Crippen molar-refractivity contribution < 1.29 is 14.3 Å². The molecule has 0 saturated heterocycles. The van der Waals surface area contributed by atoms with Gasteiger partial charge in [-0.3, -0.25) is 9.59 Å². The van der Waals surface area contributed by atoms with Gasteiger partial charge in [-0.15, -0.1) is 0 Å². The van der Waals surface area contributed by atoms with Crippen LogP contribution in [0.25, 0.3) is 0 Å². The Morgan fingerprint density at radius 1 is 1.08 bits per heavy atom. The van der Waals surface area contributed by atoms with Gasteiger partial charge in [-0.2, -0.15) is 0 Å². The van der Waals surface area contributed by atoms with Gasteiger partial charge >= 0.3 is 0 Å². The summed E-state index contributed by atoms with van der Waals surface area (Å²) in [5.41, 5.74) is 2.68. The summed E-state index contributed by atoms with van der Waals surface area (Å²) >= 11 is 0. The van der Waals surface area contributed by atoms with Gasteiger partial charge < -0.3 is 15.0 Å². The number of ether oxygens (including phenoxy) is 1. The molecule has 0 heterocycles. The number of anilines is 1. The lowest BCUT2D eigenvalue weighted by molar-refractivity contribution is -0.133. The topological polar surface area (TPSA) is 58.6 Å². The van der Waals surface area contributed by atoms with E-state index in [2.05, 4.69) is 5.32 Å². The lowest BCUT2D eigenvalue weighted by Gasteiger charge is -2.21. The van der Waals surface area contributed by atoms with Crippen LogP contribution in [0, 0.1) is 6.92 Å². The lowest BCUT2D eigenvalue weighted by atomic mass is 10.2. The number of carbonyl (C=O) groups excluding carboxylic acids is 2. The molecule has 0 bridgehead atoms. The number of carbonyl (C=O) groups is 2. The summed E-state index contributed by atoms with van der Waals surface area (Å²) in [4.78, 5) is 25.6. The first kappa shape index (κ1) is 17.5. The minimum atomic E-state index is -0.215. The Morgan fingerprint density at radius 2 is 1.75 bits per heavy atom. The number of aryl methyl sites for hydroxylation is 1. The SMILES string of the molecule is COc1ccc(CN(CC(=O)Nc2ccccc2C)C(C)=O)cc1. The highest BCUT2D eigenvalue weighted by Crippen LogP contribution is 2.15. The molecule has 0 saturated carbocycles. The largest absolute Gasteiger partial charge is 0.497 e. The summed E-state index contributed by atoms with van der Waals surface area (Å²) < 4.78 is 5.12. The van der Waals surface area contributed by atoms with Gasteiger partial charge in [-0.25, -0.2) is 0 Å². The quantitative estimate of drug-likeness (QED) is 0.888. The van der Waals surface area contributed by atoms with Crippen molar-refractivity contribution in [3.05, 3.63) is 59.7 Å². The van der Waals surface area contributed by atoms with Crippen molar-refractivity contribution in [1.29, 1.82) is 0 Å². The molecule has 1 N–H and O–H groups in total. The minimum Gasteiger partial charge on any atom is -0.497 e. The maximum absolute atomic E-state index is 12.2. The van der Waals surface area contributed by atoms with Crippen LogP contribution in [0.2, 0.25) is 0 Å². The molecule has 2 amide bonds. The third-order valence-electron chi connectivity index (χ3n) is 3.73. The molecule has 0 atom stereocenters. The molecule has 0 unspecified atom stereocenters. The standard InChI is InChI=1S/C19H22N2O3/c1-14-6-4-5-7-18(14)20-19(23)13-21(15(2)22)12-16-8-10-17(24-3)11-9-16/h4-11H,12-13H2,1-3H3,(H,20,23). The van der Waals surface area contributed by atoms with E-state index in [-0.39, 0.29) is 18.4 Å². The molecule has 0 radical (unpaired) electrons. The molecule has 0 aliphatic carbocycles. The summed E-state index contributed by atoms with van der Waals surface area (Å²) in [5.74, 6) is 0.393. The zero-order valence-corrected chi connectivity index (χ0v) is 14.2. The number of methoxy groups -OCH3 is 1. The highest BCUT2D eigenvalue weighted by Gasteiger charge is 2.15. The molecular formula is C19H22N2O3. The molecule has 2 rings (SSSR count). The number of rotatable bonds is 6. The van der Waals surface area contributed by atoms with Crippen LogP contribution in [0.3, 0.4) is 0 Å². The van der Waals surface area contributed by atoms with Crippen LogP contribution in [0.1, 0.15) is 18.1 Å². The third kappa shape index (κ3) is 4.84. The lowest BCUT2D eigenvalue weighted by Crippen LogP contribution is -2.36. The average Bonchev–Trinajstić information content (AvgIpc) is 2.57. The molecule has 0 aromatic heterocycles. The second kappa shape index (κ2) is 8.15. The van der Waals surface area contributed by atoms with E-state index in [9.17, 15) is 9.59 Å². The second-order valence-corrected chi connectivity index (χ2v) is 5.59. The van der Waals surface area contributed by atoms with Gasteiger partial charge in [-0.05, 0) is 36.2 Å². The Balaban J connectivity index is 2.01. The molecule has 2 aromatic carbocycles. The van der Waals surface area contributed by atoms with Crippen LogP contribution in [0.5, 0.6) is 5.75 Å². The van der Waals surface area contributed by atoms with E-state index >= 15 is 0 Å². The fourth-order valence-corrected chi connectivity index (χ4v) is 2.31. The molecule has 0 spiro atoms. The fraction of sp³-hybridized carbons (Fsp3) is 0.263.